The number of halogens is 2. The SMILES string of the molecule is CCC(N)=Nc1ccc(Cl)c(Cl)c1. The first kappa shape index (κ1) is 10.4. The van der Waals surface area contributed by atoms with Gasteiger partial charge in [-0.2, -0.15) is 0 Å². The third-order valence-electron chi connectivity index (χ3n) is 1.54. The maximum Gasteiger partial charge on any atom is 0.0993 e. The second kappa shape index (κ2) is 4.49. The van der Waals surface area contributed by atoms with Gasteiger partial charge in [-0.25, -0.2) is 4.99 Å². The van der Waals surface area contributed by atoms with Gasteiger partial charge in [0, 0.05) is 6.42 Å². The lowest BCUT2D eigenvalue weighted by atomic mass is 10.3. The van der Waals surface area contributed by atoms with Crippen LogP contribution in [0.15, 0.2) is 23.2 Å². The zero-order valence-corrected chi connectivity index (χ0v) is 8.73. The number of hydrogen-bond acceptors (Lipinski definition) is 1. The van der Waals surface area contributed by atoms with E-state index in [1.165, 1.54) is 0 Å². The van der Waals surface area contributed by atoms with Crippen molar-refractivity contribution in [3.8, 4) is 0 Å². The van der Waals surface area contributed by atoms with Crippen LogP contribution in [0.3, 0.4) is 0 Å². The molecular weight excluding hydrogens is 207 g/mol. The van der Waals surface area contributed by atoms with Crippen molar-refractivity contribution in [2.24, 2.45) is 10.7 Å². The Morgan fingerprint density at radius 1 is 1.38 bits per heavy atom. The molecule has 0 saturated heterocycles. The van der Waals surface area contributed by atoms with Crippen LogP contribution < -0.4 is 5.73 Å². The first-order chi connectivity index (χ1) is 6.13. The summed E-state index contributed by atoms with van der Waals surface area (Å²) in [6, 6.07) is 5.16. The number of amidine groups is 1. The minimum atomic E-state index is 0.492. The molecule has 4 heteroatoms. The molecule has 2 N–H and O–H groups in total. The summed E-state index contributed by atoms with van der Waals surface area (Å²) in [6.07, 6.45) is 0.722. The van der Waals surface area contributed by atoms with Gasteiger partial charge in [-0.1, -0.05) is 30.1 Å². The van der Waals surface area contributed by atoms with E-state index >= 15 is 0 Å². The van der Waals surface area contributed by atoms with E-state index in [1.807, 2.05) is 6.92 Å². The van der Waals surface area contributed by atoms with E-state index in [0.29, 0.717) is 15.9 Å². The molecule has 0 atom stereocenters. The highest BCUT2D eigenvalue weighted by molar-refractivity contribution is 6.42. The second-order valence-corrected chi connectivity index (χ2v) is 3.37. The van der Waals surface area contributed by atoms with E-state index < -0.39 is 0 Å². The molecule has 13 heavy (non-hydrogen) atoms. The van der Waals surface area contributed by atoms with E-state index in [0.717, 1.165) is 12.1 Å². The molecule has 70 valence electrons. The molecule has 0 saturated carbocycles. The Bertz CT molecular complexity index is 334. The van der Waals surface area contributed by atoms with Crippen LogP contribution in [0.4, 0.5) is 5.69 Å². The molecule has 0 heterocycles. The summed E-state index contributed by atoms with van der Waals surface area (Å²) >= 11 is 11.5. The minimum absolute atomic E-state index is 0.492. The van der Waals surface area contributed by atoms with Crippen LogP contribution in [0.1, 0.15) is 13.3 Å². The van der Waals surface area contributed by atoms with Gasteiger partial charge < -0.3 is 5.73 Å². The van der Waals surface area contributed by atoms with Crippen molar-refractivity contribution in [1.82, 2.24) is 0 Å². The Hall–Kier alpha value is -0.730. The summed E-state index contributed by atoms with van der Waals surface area (Å²) in [5, 5.41) is 1.02. The zero-order valence-electron chi connectivity index (χ0n) is 7.22. The first-order valence-electron chi connectivity index (χ1n) is 3.91. The minimum Gasteiger partial charge on any atom is -0.387 e. The third-order valence-corrected chi connectivity index (χ3v) is 2.28. The van der Waals surface area contributed by atoms with E-state index in [2.05, 4.69) is 4.99 Å². The Labute approximate surface area is 87.4 Å². The maximum absolute atomic E-state index is 5.80. The van der Waals surface area contributed by atoms with E-state index in [1.54, 1.807) is 18.2 Å². The van der Waals surface area contributed by atoms with E-state index in [-0.39, 0.29) is 0 Å². The molecule has 1 aromatic carbocycles. The summed E-state index contributed by atoms with van der Waals surface area (Å²) in [4.78, 5) is 4.13. The van der Waals surface area contributed by atoms with Crippen LogP contribution in [0.5, 0.6) is 0 Å². The molecule has 0 unspecified atom stereocenters. The zero-order chi connectivity index (χ0) is 9.84. The van der Waals surface area contributed by atoms with E-state index in [9.17, 15) is 0 Å². The number of hydrogen-bond donors (Lipinski definition) is 1. The van der Waals surface area contributed by atoms with Crippen molar-refractivity contribution >= 4 is 34.7 Å². The topological polar surface area (TPSA) is 38.4 Å². The molecule has 0 aliphatic heterocycles. The van der Waals surface area contributed by atoms with Gasteiger partial charge in [0.15, 0.2) is 0 Å². The fourth-order valence-corrected chi connectivity index (χ4v) is 1.09. The van der Waals surface area contributed by atoms with Crippen LogP contribution in [-0.2, 0) is 0 Å². The van der Waals surface area contributed by atoms with Crippen molar-refractivity contribution in [2.45, 2.75) is 13.3 Å². The number of benzene rings is 1. The summed E-state index contributed by atoms with van der Waals surface area (Å²) < 4.78 is 0. The van der Waals surface area contributed by atoms with Gasteiger partial charge in [0.05, 0.1) is 21.6 Å². The second-order valence-electron chi connectivity index (χ2n) is 2.56. The predicted octanol–water partition coefficient (Wildman–Crippen LogP) is 3.39. The number of aliphatic imine (C=N–C) groups is 1. The molecule has 0 aliphatic carbocycles. The molecule has 1 rings (SSSR count). The molecule has 0 fully saturated rings. The monoisotopic (exact) mass is 216 g/mol. The van der Waals surface area contributed by atoms with Gasteiger partial charge in [-0.05, 0) is 18.2 Å². The van der Waals surface area contributed by atoms with Crippen molar-refractivity contribution in [3.63, 3.8) is 0 Å². The lowest BCUT2D eigenvalue weighted by Crippen LogP contribution is -2.08. The molecule has 2 nitrogen and oxygen atoms in total. The molecule has 0 radical (unpaired) electrons. The lowest BCUT2D eigenvalue weighted by molar-refractivity contribution is 1.24. The van der Waals surface area contributed by atoms with E-state index in [4.69, 9.17) is 28.9 Å². The van der Waals surface area contributed by atoms with Crippen molar-refractivity contribution in [3.05, 3.63) is 28.2 Å². The van der Waals surface area contributed by atoms with Gasteiger partial charge in [0.2, 0.25) is 0 Å². The number of nitrogens with two attached hydrogens (primary N) is 1. The summed E-state index contributed by atoms with van der Waals surface area (Å²) in [7, 11) is 0. The van der Waals surface area contributed by atoms with Gasteiger partial charge in [0.1, 0.15) is 0 Å². The predicted molar refractivity (Wildman–Crippen MR) is 58.0 cm³/mol. The molecule has 0 bridgehead atoms. The Morgan fingerprint density at radius 3 is 2.62 bits per heavy atom. The van der Waals surface area contributed by atoms with Gasteiger partial charge in [0.25, 0.3) is 0 Å². The summed E-state index contributed by atoms with van der Waals surface area (Å²) in [6.45, 7) is 1.94. The highest BCUT2D eigenvalue weighted by atomic mass is 35.5. The van der Waals surface area contributed by atoms with Gasteiger partial charge in [-0.3, -0.25) is 0 Å². The Kier molecular flexibility index (Phi) is 3.58. The smallest absolute Gasteiger partial charge is 0.0993 e. The maximum atomic E-state index is 5.80. The van der Waals surface area contributed by atoms with Gasteiger partial charge >= 0.3 is 0 Å². The lowest BCUT2D eigenvalue weighted by Gasteiger charge is -1.99. The van der Waals surface area contributed by atoms with Crippen LogP contribution in [0.2, 0.25) is 10.0 Å². The highest BCUT2D eigenvalue weighted by Crippen LogP contribution is 2.26. The van der Waals surface area contributed by atoms with Crippen LogP contribution >= 0.6 is 23.2 Å². The number of nitrogens with zero attached hydrogens (tertiary/aromatic N) is 1. The molecule has 0 aromatic heterocycles. The Morgan fingerprint density at radius 2 is 2.08 bits per heavy atom. The fourth-order valence-electron chi connectivity index (χ4n) is 0.799. The normalized spacial score (nSPS) is 11.8. The van der Waals surface area contributed by atoms with Crippen LogP contribution in [0.25, 0.3) is 0 Å². The van der Waals surface area contributed by atoms with Crippen LogP contribution in [-0.4, -0.2) is 5.84 Å². The van der Waals surface area contributed by atoms with Crippen molar-refractivity contribution in [1.29, 1.82) is 0 Å². The fraction of sp³-hybridized carbons (Fsp3) is 0.222. The average molecular weight is 217 g/mol. The van der Waals surface area contributed by atoms with Crippen molar-refractivity contribution in [2.75, 3.05) is 0 Å². The first-order valence-corrected chi connectivity index (χ1v) is 4.67. The summed E-state index contributed by atoms with van der Waals surface area (Å²) in [5.74, 6) is 0.582. The largest absolute Gasteiger partial charge is 0.387 e. The molecule has 1 aromatic rings. The third kappa shape index (κ3) is 2.90. The summed E-state index contributed by atoms with van der Waals surface area (Å²) in [5.41, 5.74) is 6.30. The molecular formula is C9H10Cl2N2. The van der Waals surface area contributed by atoms with Crippen molar-refractivity contribution < 1.29 is 0 Å². The van der Waals surface area contributed by atoms with Crippen LogP contribution in [0, 0.1) is 0 Å². The standard InChI is InChI=1S/C9H10Cl2N2/c1-2-9(12)13-6-3-4-7(10)8(11)5-6/h3-5H,2H2,1H3,(H2,12,13). The quantitative estimate of drug-likeness (QED) is 0.598. The molecule has 0 aliphatic rings. The Balaban J connectivity index is 2.98. The molecule has 0 amide bonds. The molecule has 0 spiro atoms. The van der Waals surface area contributed by atoms with Gasteiger partial charge in [-0.15, -0.1) is 0 Å². The average Bonchev–Trinajstić information content (AvgIpc) is 2.11. The number of rotatable bonds is 2. The highest BCUT2D eigenvalue weighted by Gasteiger charge is 1.98.